The molecule has 218 valence electrons. The van der Waals surface area contributed by atoms with Gasteiger partial charge in [-0.15, -0.1) is 0 Å². The second-order valence-electron chi connectivity index (χ2n) is 12.2. The van der Waals surface area contributed by atoms with E-state index >= 15 is 0 Å². The molecule has 1 saturated heterocycles. The van der Waals surface area contributed by atoms with Crippen molar-refractivity contribution in [3.05, 3.63) is 74.5 Å². The van der Waals surface area contributed by atoms with Crippen molar-refractivity contribution in [3.8, 4) is 22.6 Å². The van der Waals surface area contributed by atoms with Crippen LogP contribution in [0.2, 0.25) is 0 Å². The number of hydrogen-bond donors (Lipinski definition) is 1. The lowest BCUT2D eigenvalue weighted by atomic mass is 9.97. The molecule has 1 saturated carbocycles. The van der Waals surface area contributed by atoms with Gasteiger partial charge in [0.2, 0.25) is 0 Å². The number of aryl methyl sites for hydroxylation is 1. The zero-order valence-corrected chi connectivity index (χ0v) is 25.3. The summed E-state index contributed by atoms with van der Waals surface area (Å²) in [6, 6.07) is 9.08. The minimum Gasteiger partial charge on any atom is -0.496 e. The van der Waals surface area contributed by atoms with Crippen molar-refractivity contribution in [2.45, 2.75) is 64.7 Å². The van der Waals surface area contributed by atoms with Crippen LogP contribution in [0.3, 0.4) is 0 Å². The lowest BCUT2D eigenvalue weighted by molar-refractivity contribution is 0.0473. The van der Waals surface area contributed by atoms with E-state index in [0.717, 1.165) is 85.0 Å². The van der Waals surface area contributed by atoms with Crippen molar-refractivity contribution >= 4 is 0 Å². The highest BCUT2D eigenvalue weighted by atomic mass is 16.5. The monoisotopic (exact) mass is 557 g/mol. The van der Waals surface area contributed by atoms with E-state index < -0.39 is 0 Å². The molecule has 2 aromatic heterocycles. The maximum absolute atomic E-state index is 12.4. The Kier molecular flexibility index (Phi) is 7.42. The quantitative estimate of drug-likeness (QED) is 0.468. The van der Waals surface area contributed by atoms with Gasteiger partial charge in [-0.05, 0) is 68.5 Å². The molecule has 1 aliphatic carbocycles. The molecule has 2 aliphatic heterocycles. The highest BCUT2D eigenvalue weighted by Crippen LogP contribution is 2.46. The molecule has 0 bridgehead atoms. The molecule has 1 N–H and O–H groups in total. The van der Waals surface area contributed by atoms with E-state index in [4.69, 9.17) is 14.5 Å². The van der Waals surface area contributed by atoms with E-state index in [9.17, 15) is 4.79 Å². The van der Waals surface area contributed by atoms with Crippen LogP contribution in [0.4, 0.5) is 0 Å². The molecule has 1 unspecified atom stereocenters. The summed E-state index contributed by atoms with van der Waals surface area (Å²) in [6.07, 6.45) is 5.38. The Balaban J connectivity index is 1.21. The van der Waals surface area contributed by atoms with Crippen LogP contribution in [0.15, 0.2) is 35.3 Å². The molecular weight excluding hydrogens is 514 g/mol. The summed E-state index contributed by atoms with van der Waals surface area (Å²) in [5.41, 5.74) is 8.89. The van der Waals surface area contributed by atoms with Gasteiger partial charge in [-0.25, -0.2) is 0 Å². The van der Waals surface area contributed by atoms with E-state index in [0.29, 0.717) is 6.04 Å². The number of piperazine rings is 1. The molecule has 6 rings (SSSR count). The summed E-state index contributed by atoms with van der Waals surface area (Å²) in [4.78, 5) is 22.8. The van der Waals surface area contributed by atoms with Gasteiger partial charge in [0.1, 0.15) is 11.5 Å². The lowest BCUT2D eigenvalue weighted by Gasteiger charge is -2.42. The first kappa shape index (κ1) is 27.9. The Morgan fingerprint density at radius 3 is 2.46 bits per heavy atom. The van der Waals surface area contributed by atoms with Gasteiger partial charge in [0.25, 0.3) is 5.56 Å². The molecule has 2 fully saturated rings. The summed E-state index contributed by atoms with van der Waals surface area (Å²) in [5, 5.41) is 3.54. The molecule has 41 heavy (non-hydrogen) atoms. The molecule has 8 nitrogen and oxygen atoms in total. The predicted octanol–water partition coefficient (Wildman–Crippen LogP) is 4.14. The summed E-state index contributed by atoms with van der Waals surface area (Å²) in [6.45, 7) is 11.9. The number of nitrogens with zero attached hydrogens (tertiary/aromatic N) is 4. The lowest BCUT2D eigenvalue weighted by Crippen LogP contribution is -2.54. The van der Waals surface area contributed by atoms with E-state index in [1.807, 2.05) is 20.0 Å². The third kappa shape index (κ3) is 5.17. The Bertz CT molecular complexity index is 1500. The highest BCUT2D eigenvalue weighted by Gasteiger charge is 2.51. The minimum atomic E-state index is 0.0317. The first-order valence-electron chi connectivity index (χ1n) is 14.8. The summed E-state index contributed by atoms with van der Waals surface area (Å²) < 4.78 is 13.5. The molecular formula is C33H43N5O3. The minimum absolute atomic E-state index is 0.0317. The maximum Gasteiger partial charge on any atom is 0.253 e. The first-order chi connectivity index (χ1) is 19.7. The molecule has 0 amide bonds. The van der Waals surface area contributed by atoms with Crippen molar-refractivity contribution in [3.63, 3.8) is 0 Å². The number of aromatic nitrogens is 2. The summed E-state index contributed by atoms with van der Waals surface area (Å²) >= 11 is 0. The third-order valence-electron chi connectivity index (χ3n) is 9.63. The summed E-state index contributed by atoms with van der Waals surface area (Å²) in [7, 11) is 5.25. The van der Waals surface area contributed by atoms with Crippen LogP contribution in [0.5, 0.6) is 11.5 Å². The van der Waals surface area contributed by atoms with Crippen molar-refractivity contribution in [1.82, 2.24) is 24.7 Å². The number of rotatable bonds is 7. The Morgan fingerprint density at radius 1 is 1.05 bits per heavy atom. The van der Waals surface area contributed by atoms with Gasteiger partial charge in [-0.2, -0.15) is 0 Å². The second kappa shape index (κ2) is 10.9. The summed E-state index contributed by atoms with van der Waals surface area (Å²) in [5.74, 6) is 1.64. The zero-order valence-electron chi connectivity index (χ0n) is 25.3. The van der Waals surface area contributed by atoms with Crippen LogP contribution in [0.1, 0.15) is 59.4 Å². The highest BCUT2D eigenvalue weighted by molar-refractivity contribution is 5.72. The molecule has 1 spiro atoms. The Hall–Kier alpha value is -3.20. The van der Waals surface area contributed by atoms with Gasteiger partial charge in [-0.1, -0.05) is 6.07 Å². The fraction of sp³-hybridized carbons (Fsp3) is 0.515. The van der Waals surface area contributed by atoms with Crippen LogP contribution in [-0.4, -0.2) is 65.3 Å². The number of pyridine rings is 2. The topological polar surface area (TPSA) is 71.9 Å². The predicted molar refractivity (Wildman–Crippen MR) is 162 cm³/mol. The number of nitrogens with one attached hydrogen (secondary N) is 1. The average molecular weight is 558 g/mol. The van der Waals surface area contributed by atoms with Crippen molar-refractivity contribution in [2.24, 2.45) is 7.05 Å². The Labute approximate surface area is 243 Å². The number of benzene rings is 1. The van der Waals surface area contributed by atoms with Crippen LogP contribution < -0.4 is 20.3 Å². The third-order valence-corrected chi connectivity index (χ3v) is 9.63. The van der Waals surface area contributed by atoms with E-state index in [1.165, 1.54) is 29.8 Å². The van der Waals surface area contributed by atoms with Crippen LogP contribution in [0, 0.1) is 13.8 Å². The van der Waals surface area contributed by atoms with Gasteiger partial charge in [-0.3, -0.25) is 19.6 Å². The fourth-order valence-corrected chi connectivity index (χ4v) is 6.83. The average Bonchev–Trinajstić information content (AvgIpc) is 3.75. The molecule has 3 aromatic rings. The van der Waals surface area contributed by atoms with Crippen molar-refractivity contribution < 1.29 is 9.47 Å². The normalized spacial score (nSPS) is 20.2. The van der Waals surface area contributed by atoms with Gasteiger partial charge in [0.05, 0.1) is 25.5 Å². The Morgan fingerprint density at radius 2 is 1.78 bits per heavy atom. The van der Waals surface area contributed by atoms with Gasteiger partial charge >= 0.3 is 0 Å². The SMILES string of the molecule is COc1cc(-c2cn(C)c(=O)c(C)c2C)cc(OC)c1CN1CCN(Cc2ccc3c(n2)CCNC3C)C2(CC2)C1. The molecule has 1 atom stereocenters. The van der Waals surface area contributed by atoms with E-state index in [1.54, 1.807) is 25.8 Å². The number of ether oxygens (including phenoxy) is 2. The van der Waals surface area contributed by atoms with Crippen LogP contribution in [0.25, 0.3) is 11.1 Å². The molecule has 1 aromatic carbocycles. The maximum atomic E-state index is 12.4. The van der Waals surface area contributed by atoms with Gasteiger partial charge < -0.3 is 19.4 Å². The van der Waals surface area contributed by atoms with E-state index in [-0.39, 0.29) is 11.1 Å². The molecule has 0 radical (unpaired) electrons. The zero-order chi connectivity index (χ0) is 28.9. The smallest absolute Gasteiger partial charge is 0.253 e. The first-order valence-corrected chi connectivity index (χ1v) is 14.8. The largest absolute Gasteiger partial charge is 0.496 e. The van der Waals surface area contributed by atoms with Gasteiger partial charge in [0, 0.05) is 87.3 Å². The number of hydrogen-bond acceptors (Lipinski definition) is 7. The van der Waals surface area contributed by atoms with Crippen molar-refractivity contribution in [1.29, 1.82) is 0 Å². The number of methoxy groups -OCH3 is 2. The van der Waals surface area contributed by atoms with Crippen LogP contribution in [-0.2, 0) is 26.6 Å². The number of fused-ring (bicyclic) bond motifs is 1. The molecule has 3 aliphatic rings. The second-order valence-corrected chi connectivity index (χ2v) is 12.2. The van der Waals surface area contributed by atoms with E-state index in [2.05, 4.69) is 46.3 Å². The fourth-order valence-electron chi connectivity index (χ4n) is 6.83. The van der Waals surface area contributed by atoms with Crippen LogP contribution >= 0.6 is 0 Å². The standard InChI is InChI=1S/C33H43N5O3/c1-21-22(2)32(39)36(4)18-27(21)24-15-30(40-5)28(31(16-24)41-6)19-37-13-14-38(33(20-37)10-11-33)17-25-7-8-26-23(3)34-12-9-29(26)35-25/h7-8,15-16,18,23,34H,9-14,17,19-20H2,1-6H3. The van der Waals surface area contributed by atoms with Gasteiger partial charge in [0.15, 0.2) is 0 Å². The molecule has 4 heterocycles. The van der Waals surface area contributed by atoms with Crippen molar-refractivity contribution in [2.75, 3.05) is 40.4 Å². The molecule has 8 heteroatoms.